The SMILES string of the molecule is CC(C)(C)c1nnsc1C(=O)NCCOCCO. The van der Waals surface area contributed by atoms with Crippen molar-refractivity contribution in [1.29, 1.82) is 0 Å². The Labute approximate surface area is 111 Å². The van der Waals surface area contributed by atoms with E-state index in [0.29, 0.717) is 23.7 Å². The van der Waals surface area contributed by atoms with Crippen LogP contribution >= 0.6 is 11.5 Å². The van der Waals surface area contributed by atoms with Crippen molar-refractivity contribution in [1.82, 2.24) is 14.9 Å². The van der Waals surface area contributed by atoms with Gasteiger partial charge in [-0.1, -0.05) is 25.3 Å². The number of hydrogen-bond acceptors (Lipinski definition) is 6. The van der Waals surface area contributed by atoms with Crippen molar-refractivity contribution in [2.45, 2.75) is 26.2 Å². The maximum atomic E-state index is 11.9. The minimum absolute atomic E-state index is 0.0130. The minimum atomic E-state index is -0.201. The second-order valence-corrected chi connectivity index (χ2v) is 5.55. The highest BCUT2D eigenvalue weighted by Crippen LogP contribution is 2.25. The van der Waals surface area contributed by atoms with Crippen molar-refractivity contribution in [2.75, 3.05) is 26.4 Å². The van der Waals surface area contributed by atoms with Crippen molar-refractivity contribution in [3.05, 3.63) is 10.6 Å². The van der Waals surface area contributed by atoms with Gasteiger partial charge in [-0.3, -0.25) is 4.79 Å². The molecule has 0 saturated heterocycles. The number of ether oxygens (including phenoxy) is 1. The number of carbonyl (C=O) groups is 1. The van der Waals surface area contributed by atoms with Gasteiger partial charge in [0.15, 0.2) is 0 Å². The minimum Gasteiger partial charge on any atom is -0.394 e. The van der Waals surface area contributed by atoms with Crippen molar-refractivity contribution in [3.63, 3.8) is 0 Å². The molecule has 18 heavy (non-hydrogen) atoms. The molecule has 1 aromatic rings. The number of nitrogens with zero attached hydrogens (tertiary/aromatic N) is 2. The molecule has 0 saturated carbocycles. The maximum absolute atomic E-state index is 11.9. The van der Waals surface area contributed by atoms with Crippen molar-refractivity contribution < 1.29 is 14.6 Å². The molecule has 0 aromatic carbocycles. The average Bonchev–Trinajstić information content (AvgIpc) is 2.77. The number of nitrogens with one attached hydrogen (secondary N) is 1. The summed E-state index contributed by atoms with van der Waals surface area (Å²) in [6, 6.07) is 0. The van der Waals surface area contributed by atoms with Crippen LogP contribution < -0.4 is 5.32 Å². The van der Waals surface area contributed by atoms with Gasteiger partial charge in [-0.05, 0) is 11.5 Å². The van der Waals surface area contributed by atoms with Crippen LogP contribution in [0.2, 0.25) is 0 Å². The highest BCUT2D eigenvalue weighted by atomic mass is 32.1. The van der Waals surface area contributed by atoms with Crippen LogP contribution in [0.5, 0.6) is 0 Å². The Kier molecular flexibility index (Phi) is 5.64. The number of carbonyl (C=O) groups excluding carboxylic acids is 1. The van der Waals surface area contributed by atoms with Crippen LogP contribution in [0.4, 0.5) is 0 Å². The van der Waals surface area contributed by atoms with Gasteiger partial charge in [-0.15, -0.1) is 5.10 Å². The van der Waals surface area contributed by atoms with Crippen LogP contribution in [-0.2, 0) is 10.2 Å². The number of aliphatic hydroxyl groups excluding tert-OH is 1. The van der Waals surface area contributed by atoms with E-state index >= 15 is 0 Å². The smallest absolute Gasteiger partial charge is 0.265 e. The molecule has 0 atom stereocenters. The molecule has 2 N–H and O–H groups in total. The van der Waals surface area contributed by atoms with Crippen molar-refractivity contribution in [2.24, 2.45) is 0 Å². The Morgan fingerprint density at radius 1 is 1.44 bits per heavy atom. The van der Waals surface area contributed by atoms with E-state index in [0.717, 1.165) is 11.5 Å². The Bertz CT molecular complexity index is 387. The van der Waals surface area contributed by atoms with E-state index in [4.69, 9.17) is 9.84 Å². The molecule has 1 heterocycles. The predicted molar refractivity (Wildman–Crippen MR) is 68.8 cm³/mol. The molecule has 1 rings (SSSR count). The largest absolute Gasteiger partial charge is 0.394 e. The van der Waals surface area contributed by atoms with E-state index < -0.39 is 0 Å². The molecule has 6 nitrogen and oxygen atoms in total. The summed E-state index contributed by atoms with van der Waals surface area (Å²) in [5, 5.41) is 15.3. The molecular weight excluding hydrogens is 254 g/mol. The first kappa shape index (κ1) is 15.0. The van der Waals surface area contributed by atoms with Crippen molar-refractivity contribution in [3.8, 4) is 0 Å². The number of aromatic nitrogens is 2. The quantitative estimate of drug-likeness (QED) is 0.740. The summed E-state index contributed by atoms with van der Waals surface area (Å²) in [5.74, 6) is -0.178. The summed E-state index contributed by atoms with van der Waals surface area (Å²) in [6.45, 7) is 7.02. The van der Waals surface area contributed by atoms with Crippen LogP contribution in [-0.4, -0.2) is 47.0 Å². The lowest BCUT2D eigenvalue weighted by Crippen LogP contribution is -2.29. The van der Waals surface area contributed by atoms with Crippen molar-refractivity contribution >= 4 is 17.4 Å². The number of aliphatic hydroxyl groups is 1. The zero-order valence-corrected chi connectivity index (χ0v) is 11.7. The summed E-state index contributed by atoms with van der Waals surface area (Å²) in [5.41, 5.74) is 0.508. The fourth-order valence-corrected chi connectivity index (χ4v) is 2.11. The molecule has 0 fully saturated rings. The van der Waals surface area contributed by atoms with E-state index in [1.54, 1.807) is 0 Å². The molecule has 0 unspecified atom stereocenters. The van der Waals surface area contributed by atoms with E-state index in [1.807, 2.05) is 20.8 Å². The normalized spacial score (nSPS) is 11.6. The summed E-state index contributed by atoms with van der Waals surface area (Å²) >= 11 is 1.10. The maximum Gasteiger partial charge on any atom is 0.265 e. The fourth-order valence-electron chi connectivity index (χ4n) is 1.31. The van der Waals surface area contributed by atoms with Gasteiger partial charge in [-0.2, -0.15) is 0 Å². The molecular formula is C11H19N3O3S. The number of rotatable bonds is 6. The lowest BCUT2D eigenvalue weighted by Gasteiger charge is -2.16. The second kappa shape index (κ2) is 6.77. The molecule has 1 aromatic heterocycles. The third-order valence-corrected chi connectivity index (χ3v) is 2.90. The highest BCUT2D eigenvalue weighted by molar-refractivity contribution is 7.08. The monoisotopic (exact) mass is 273 g/mol. The van der Waals surface area contributed by atoms with E-state index in [-0.39, 0.29) is 24.5 Å². The molecule has 7 heteroatoms. The first-order chi connectivity index (χ1) is 8.46. The summed E-state index contributed by atoms with van der Waals surface area (Å²) in [6.07, 6.45) is 0. The second-order valence-electron chi connectivity index (χ2n) is 4.79. The summed E-state index contributed by atoms with van der Waals surface area (Å²) < 4.78 is 8.89. The molecule has 0 aliphatic carbocycles. The number of hydrogen-bond donors (Lipinski definition) is 2. The van der Waals surface area contributed by atoms with Crippen LogP contribution in [0.15, 0.2) is 0 Å². The standard InChI is InChI=1S/C11H19N3O3S/c1-11(2,3)9-8(18-14-13-9)10(16)12-4-6-17-7-5-15/h15H,4-7H2,1-3H3,(H,12,16). The molecule has 0 spiro atoms. The topological polar surface area (TPSA) is 84.3 Å². The Morgan fingerprint density at radius 2 is 2.17 bits per heavy atom. The molecule has 102 valence electrons. The molecule has 0 aliphatic heterocycles. The first-order valence-electron chi connectivity index (χ1n) is 5.76. The van der Waals surface area contributed by atoms with Crippen LogP contribution in [0, 0.1) is 0 Å². The Balaban J connectivity index is 2.50. The van der Waals surface area contributed by atoms with Crippen LogP contribution in [0.3, 0.4) is 0 Å². The zero-order chi connectivity index (χ0) is 13.6. The average molecular weight is 273 g/mol. The van der Waals surface area contributed by atoms with Crippen LogP contribution in [0.1, 0.15) is 36.1 Å². The van der Waals surface area contributed by atoms with E-state index in [2.05, 4.69) is 14.9 Å². The van der Waals surface area contributed by atoms with Gasteiger partial charge in [-0.25, -0.2) is 0 Å². The van der Waals surface area contributed by atoms with Gasteiger partial charge in [0.2, 0.25) is 0 Å². The summed E-state index contributed by atoms with van der Waals surface area (Å²) in [7, 11) is 0. The lowest BCUT2D eigenvalue weighted by atomic mass is 9.91. The molecule has 0 bridgehead atoms. The van der Waals surface area contributed by atoms with Gasteiger partial charge in [0.05, 0.1) is 25.5 Å². The predicted octanol–water partition coefficient (Wildman–Crippen LogP) is 0.574. The van der Waals surface area contributed by atoms with Gasteiger partial charge in [0, 0.05) is 12.0 Å². The highest BCUT2D eigenvalue weighted by Gasteiger charge is 2.25. The van der Waals surface area contributed by atoms with Gasteiger partial charge in [0.1, 0.15) is 4.88 Å². The van der Waals surface area contributed by atoms with Crippen LogP contribution in [0.25, 0.3) is 0 Å². The van der Waals surface area contributed by atoms with E-state index in [9.17, 15) is 4.79 Å². The number of amides is 1. The van der Waals surface area contributed by atoms with E-state index in [1.165, 1.54) is 0 Å². The van der Waals surface area contributed by atoms with Gasteiger partial charge < -0.3 is 15.2 Å². The zero-order valence-electron chi connectivity index (χ0n) is 10.9. The molecule has 0 radical (unpaired) electrons. The van der Waals surface area contributed by atoms with Gasteiger partial charge >= 0.3 is 0 Å². The third kappa shape index (κ3) is 4.32. The molecule has 1 amide bonds. The Hall–Kier alpha value is -1.05. The third-order valence-electron chi connectivity index (χ3n) is 2.17. The first-order valence-corrected chi connectivity index (χ1v) is 6.53. The summed E-state index contributed by atoms with van der Waals surface area (Å²) in [4.78, 5) is 12.5. The van der Waals surface area contributed by atoms with Gasteiger partial charge in [0.25, 0.3) is 5.91 Å². The molecule has 0 aliphatic rings. The lowest BCUT2D eigenvalue weighted by molar-refractivity contribution is 0.0839. The Morgan fingerprint density at radius 3 is 2.78 bits per heavy atom. The fraction of sp³-hybridized carbons (Fsp3) is 0.727.